The van der Waals surface area contributed by atoms with Gasteiger partial charge < -0.3 is 4.90 Å². The van der Waals surface area contributed by atoms with Crippen molar-refractivity contribution in [2.24, 2.45) is 0 Å². The molecule has 0 N–H and O–H groups in total. The summed E-state index contributed by atoms with van der Waals surface area (Å²) in [6.07, 6.45) is 0. The van der Waals surface area contributed by atoms with Crippen molar-refractivity contribution in [3.8, 4) is 0 Å². The molecule has 1 aromatic rings. The lowest BCUT2D eigenvalue weighted by Gasteiger charge is -2.17. The highest BCUT2D eigenvalue weighted by molar-refractivity contribution is 6.35. The van der Waals surface area contributed by atoms with Crippen LogP contribution in [0, 0.1) is 0 Å². The van der Waals surface area contributed by atoms with Crippen LogP contribution in [0.15, 0.2) is 24.3 Å². The number of para-hydroxylation sites is 1. The van der Waals surface area contributed by atoms with Crippen LogP contribution in [0.5, 0.6) is 0 Å². The van der Waals surface area contributed by atoms with Crippen molar-refractivity contribution in [3.63, 3.8) is 0 Å². The third-order valence-corrected chi connectivity index (χ3v) is 2.06. The maximum Gasteiger partial charge on any atom is 0.385 e. The van der Waals surface area contributed by atoms with E-state index >= 15 is 0 Å². The van der Waals surface area contributed by atoms with Gasteiger partial charge in [0.05, 0.1) is 0 Å². The molecule has 0 atom stereocenters. The first-order chi connectivity index (χ1) is 6.84. The molecule has 0 heterocycles. The van der Waals surface area contributed by atoms with Crippen molar-refractivity contribution < 1.29 is 13.6 Å². The molecule has 2 nitrogen and oxygen atoms in total. The van der Waals surface area contributed by atoms with Crippen LogP contribution in [0.1, 0.15) is 10.4 Å². The largest absolute Gasteiger partial charge is 0.385 e. The van der Waals surface area contributed by atoms with E-state index < -0.39 is 11.2 Å². The van der Waals surface area contributed by atoms with Crippen LogP contribution in [0.3, 0.4) is 0 Å². The normalized spacial score (nSPS) is 11.3. The van der Waals surface area contributed by atoms with Crippen molar-refractivity contribution in [2.45, 2.75) is 5.38 Å². The number of benzene rings is 1. The molecule has 0 aliphatic carbocycles. The van der Waals surface area contributed by atoms with Crippen LogP contribution in [-0.2, 0) is 0 Å². The second-order valence-electron chi connectivity index (χ2n) is 3.24. The van der Waals surface area contributed by atoms with Crippen molar-refractivity contribution in [3.05, 3.63) is 29.8 Å². The minimum Gasteiger partial charge on any atom is -0.377 e. The number of rotatable bonds is 3. The summed E-state index contributed by atoms with van der Waals surface area (Å²) in [6.45, 7) is 0. The van der Waals surface area contributed by atoms with Gasteiger partial charge in [-0.1, -0.05) is 12.1 Å². The highest BCUT2D eigenvalue weighted by Gasteiger charge is 2.37. The molecule has 15 heavy (non-hydrogen) atoms. The lowest BCUT2D eigenvalue weighted by atomic mass is 10.1. The van der Waals surface area contributed by atoms with E-state index in [0.29, 0.717) is 5.69 Å². The van der Waals surface area contributed by atoms with Crippen LogP contribution < -0.4 is 4.90 Å². The Balaban J connectivity index is 3.20. The van der Waals surface area contributed by atoms with E-state index in [2.05, 4.69) is 0 Å². The molecule has 0 bridgehead atoms. The van der Waals surface area contributed by atoms with E-state index in [0.717, 1.165) is 0 Å². The molecule has 0 aromatic heterocycles. The van der Waals surface area contributed by atoms with E-state index in [1.807, 2.05) is 0 Å². The van der Waals surface area contributed by atoms with Gasteiger partial charge in [0.1, 0.15) is 0 Å². The summed E-state index contributed by atoms with van der Waals surface area (Å²) in [6, 6.07) is 6.09. The highest BCUT2D eigenvalue weighted by atomic mass is 35.5. The van der Waals surface area contributed by atoms with Gasteiger partial charge in [-0.25, -0.2) is 0 Å². The number of anilines is 1. The first kappa shape index (κ1) is 11.9. The molecule has 0 saturated heterocycles. The number of nitrogens with zero attached hydrogens (tertiary/aromatic N) is 1. The summed E-state index contributed by atoms with van der Waals surface area (Å²) in [7, 11) is 3.33. The average molecular weight is 234 g/mol. The lowest BCUT2D eigenvalue weighted by Crippen LogP contribution is -2.24. The Hall–Kier alpha value is -1.16. The molecule has 0 unspecified atom stereocenters. The summed E-state index contributed by atoms with van der Waals surface area (Å²) >= 11 is 4.69. The smallest absolute Gasteiger partial charge is 0.377 e. The van der Waals surface area contributed by atoms with Crippen LogP contribution in [0.4, 0.5) is 14.5 Å². The van der Waals surface area contributed by atoms with Crippen molar-refractivity contribution in [2.75, 3.05) is 19.0 Å². The molecule has 5 heteroatoms. The Labute approximate surface area is 91.4 Å². The van der Waals surface area contributed by atoms with E-state index in [1.54, 1.807) is 31.1 Å². The molecule has 0 radical (unpaired) electrons. The first-order valence-electron chi connectivity index (χ1n) is 4.22. The van der Waals surface area contributed by atoms with E-state index in [4.69, 9.17) is 11.6 Å². The molecule has 1 rings (SSSR count). The maximum absolute atomic E-state index is 12.6. The van der Waals surface area contributed by atoms with Gasteiger partial charge in [-0.05, 0) is 23.7 Å². The fraction of sp³-hybridized carbons (Fsp3) is 0.300. The summed E-state index contributed by atoms with van der Waals surface area (Å²) in [4.78, 5) is 12.9. The van der Waals surface area contributed by atoms with Gasteiger partial charge in [0.15, 0.2) is 0 Å². The second-order valence-corrected chi connectivity index (χ2v) is 3.71. The molecule has 82 valence electrons. The zero-order valence-electron chi connectivity index (χ0n) is 8.30. The van der Waals surface area contributed by atoms with Crippen molar-refractivity contribution >= 4 is 23.1 Å². The summed E-state index contributed by atoms with van der Waals surface area (Å²) < 4.78 is 25.3. The van der Waals surface area contributed by atoms with Gasteiger partial charge in [0.2, 0.25) is 5.78 Å². The van der Waals surface area contributed by atoms with Crippen molar-refractivity contribution in [1.29, 1.82) is 0 Å². The van der Waals surface area contributed by atoms with E-state index in [1.165, 1.54) is 12.1 Å². The fourth-order valence-electron chi connectivity index (χ4n) is 1.21. The number of ketones is 1. The number of halogens is 3. The maximum atomic E-state index is 12.6. The Morgan fingerprint density at radius 2 is 1.87 bits per heavy atom. The Morgan fingerprint density at radius 1 is 1.33 bits per heavy atom. The molecule has 1 aromatic carbocycles. The molecular weight excluding hydrogens is 224 g/mol. The van der Waals surface area contributed by atoms with Crippen LogP contribution in [-0.4, -0.2) is 25.3 Å². The summed E-state index contributed by atoms with van der Waals surface area (Å²) in [5.74, 6) is -1.38. The van der Waals surface area contributed by atoms with Gasteiger partial charge in [-0.15, -0.1) is 0 Å². The lowest BCUT2D eigenvalue weighted by molar-refractivity contribution is 0.0537. The predicted molar refractivity (Wildman–Crippen MR) is 55.9 cm³/mol. The predicted octanol–water partition coefficient (Wildman–Crippen LogP) is 2.77. The summed E-state index contributed by atoms with van der Waals surface area (Å²) in [5.41, 5.74) is 0.338. The van der Waals surface area contributed by atoms with Gasteiger partial charge in [-0.2, -0.15) is 8.78 Å². The molecular formula is C10H10ClF2NO. The fourth-order valence-corrected chi connectivity index (χ4v) is 1.31. The monoisotopic (exact) mass is 233 g/mol. The first-order valence-corrected chi connectivity index (χ1v) is 4.59. The average Bonchev–Trinajstić information content (AvgIpc) is 2.15. The van der Waals surface area contributed by atoms with Crippen LogP contribution >= 0.6 is 11.6 Å². The van der Waals surface area contributed by atoms with Crippen LogP contribution in [0.25, 0.3) is 0 Å². The van der Waals surface area contributed by atoms with Gasteiger partial charge in [-0.3, -0.25) is 4.79 Å². The molecule has 0 amide bonds. The molecule has 0 aliphatic heterocycles. The third kappa shape index (κ3) is 2.65. The molecule has 0 aliphatic rings. The Bertz CT molecular complexity index is 374. The number of hydrogen-bond donors (Lipinski definition) is 0. The molecule has 0 saturated carbocycles. The highest BCUT2D eigenvalue weighted by Crippen LogP contribution is 2.29. The van der Waals surface area contributed by atoms with Gasteiger partial charge in [0, 0.05) is 25.3 Å². The second kappa shape index (κ2) is 4.14. The van der Waals surface area contributed by atoms with Crippen molar-refractivity contribution in [1.82, 2.24) is 0 Å². The molecule has 0 fully saturated rings. The third-order valence-electron chi connectivity index (χ3n) is 1.89. The zero-order valence-corrected chi connectivity index (χ0v) is 9.05. The zero-order chi connectivity index (χ0) is 11.6. The van der Waals surface area contributed by atoms with Gasteiger partial charge >= 0.3 is 5.38 Å². The van der Waals surface area contributed by atoms with Gasteiger partial charge in [0.25, 0.3) is 0 Å². The topological polar surface area (TPSA) is 20.3 Å². The quantitative estimate of drug-likeness (QED) is 0.591. The van der Waals surface area contributed by atoms with Crippen LogP contribution in [0.2, 0.25) is 0 Å². The number of hydrogen-bond acceptors (Lipinski definition) is 2. The van der Waals surface area contributed by atoms with E-state index in [-0.39, 0.29) is 5.56 Å². The standard InChI is InChI=1S/C10H10ClF2NO/c1-14(2)8-6-4-3-5-7(8)9(15)10(11,12)13/h3-6H,1-2H3. The number of carbonyl (C=O) groups is 1. The molecule has 0 spiro atoms. The number of carbonyl (C=O) groups excluding carboxylic acids is 1. The SMILES string of the molecule is CN(C)c1ccccc1C(=O)C(F)(F)Cl. The van der Waals surface area contributed by atoms with E-state index in [9.17, 15) is 13.6 Å². The Morgan fingerprint density at radius 3 is 2.33 bits per heavy atom. The number of Topliss-reactive ketones (excluding diaryl/α,β-unsaturated/α-hetero) is 1. The Kier molecular flexibility index (Phi) is 3.29. The number of alkyl halides is 3. The summed E-state index contributed by atoms with van der Waals surface area (Å²) in [5, 5.41) is -3.86. The minimum atomic E-state index is -3.86. The minimum absolute atomic E-state index is 0.0810.